The maximum absolute atomic E-state index is 12.3. The summed E-state index contributed by atoms with van der Waals surface area (Å²) in [4.78, 5) is 28.7. The molecule has 29 heavy (non-hydrogen) atoms. The molecule has 0 bridgehead atoms. The summed E-state index contributed by atoms with van der Waals surface area (Å²) < 4.78 is 0. The fourth-order valence-corrected chi connectivity index (χ4v) is 6.38. The van der Waals surface area contributed by atoms with Crippen LogP contribution in [0.3, 0.4) is 0 Å². The van der Waals surface area contributed by atoms with Crippen molar-refractivity contribution in [2.45, 2.75) is 43.2 Å². The van der Waals surface area contributed by atoms with Gasteiger partial charge in [-0.05, 0) is 61.2 Å². The zero-order chi connectivity index (χ0) is 20.7. The molecule has 0 unspecified atom stereocenters. The monoisotopic (exact) mass is 396 g/mol. The number of H-pyrrole nitrogens is 1. The Morgan fingerprint density at radius 3 is 2.72 bits per heavy atom. The number of fused-ring (bicyclic) bond motifs is 4. The van der Waals surface area contributed by atoms with Gasteiger partial charge in [0.05, 0.1) is 5.60 Å². The van der Waals surface area contributed by atoms with Gasteiger partial charge in [0.1, 0.15) is 11.3 Å². The number of pyridine rings is 1. The second kappa shape index (κ2) is 5.70. The van der Waals surface area contributed by atoms with E-state index in [1.807, 2.05) is 20.0 Å². The standard InChI is InChI=1S/C22H24N2O5/c1-11-3-4-14(25)6-16(11)21-7-13-10-24(2)18(13)22(21,29)8-12-5-15(20(27)28)19(26)23-17(12)9-21/h3-6,13,18,25,29H,7-10H2,1-2H3,(H,23,26)(H,27,28)/t13-,18+,21+,22+/m0/s1. The van der Waals surface area contributed by atoms with Crippen molar-refractivity contribution < 1.29 is 20.1 Å². The molecular weight excluding hydrogens is 372 g/mol. The van der Waals surface area contributed by atoms with E-state index in [9.17, 15) is 24.9 Å². The smallest absolute Gasteiger partial charge is 0.341 e. The number of hydrogen-bond donors (Lipinski definition) is 4. The van der Waals surface area contributed by atoms with E-state index in [0.717, 1.165) is 24.1 Å². The van der Waals surface area contributed by atoms with E-state index in [2.05, 4.69) is 9.88 Å². The average Bonchev–Trinajstić information content (AvgIpc) is 2.83. The van der Waals surface area contributed by atoms with Gasteiger partial charge in [0.2, 0.25) is 0 Å². The lowest BCUT2D eigenvalue weighted by atomic mass is 9.59. The number of carbonyl (C=O) groups is 1. The van der Waals surface area contributed by atoms with E-state index < -0.39 is 22.5 Å². The van der Waals surface area contributed by atoms with Crippen LogP contribution in [-0.2, 0) is 18.3 Å². The summed E-state index contributed by atoms with van der Waals surface area (Å²) in [6.45, 7) is 2.86. The number of phenolic OH excluding ortho intramolecular Hbond substituents is 1. The van der Waals surface area contributed by atoms with Crippen molar-refractivity contribution in [3.8, 4) is 5.75 Å². The fourth-order valence-electron chi connectivity index (χ4n) is 6.38. The number of phenols is 1. The van der Waals surface area contributed by atoms with Crippen molar-refractivity contribution in [1.29, 1.82) is 0 Å². The van der Waals surface area contributed by atoms with Crippen LogP contribution in [0.4, 0.5) is 0 Å². The molecule has 152 valence electrons. The van der Waals surface area contributed by atoms with Crippen molar-refractivity contribution in [2.24, 2.45) is 5.92 Å². The molecule has 7 heteroatoms. The van der Waals surface area contributed by atoms with Gasteiger partial charge in [0.15, 0.2) is 0 Å². The third-order valence-electron chi connectivity index (χ3n) is 7.49. The molecule has 2 aliphatic carbocycles. The van der Waals surface area contributed by atoms with E-state index in [-0.39, 0.29) is 23.8 Å². The molecule has 2 fully saturated rings. The number of hydrogen-bond acceptors (Lipinski definition) is 5. The quantitative estimate of drug-likeness (QED) is 0.606. The van der Waals surface area contributed by atoms with E-state index in [0.29, 0.717) is 23.6 Å². The van der Waals surface area contributed by atoms with Crippen molar-refractivity contribution in [3.63, 3.8) is 0 Å². The lowest BCUT2D eigenvalue weighted by Crippen LogP contribution is -2.67. The van der Waals surface area contributed by atoms with Gasteiger partial charge in [-0.25, -0.2) is 4.79 Å². The Kier molecular flexibility index (Phi) is 3.62. The average molecular weight is 396 g/mol. The highest BCUT2D eigenvalue weighted by Crippen LogP contribution is 2.61. The van der Waals surface area contributed by atoms with Crippen molar-refractivity contribution in [2.75, 3.05) is 13.6 Å². The molecule has 4 N–H and O–H groups in total. The molecule has 0 spiro atoms. The lowest BCUT2D eigenvalue weighted by Gasteiger charge is -2.53. The molecule has 1 aromatic heterocycles. The van der Waals surface area contributed by atoms with Crippen LogP contribution in [0.2, 0.25) is 0 Å². The Morgan fingerprint density at radius 2 is 2.03 bits per heavy atom. The van der Waals surface area contributed by atoms with Crippen LogP contribution in [0.25, 0.3) is 0 Å². The number of rotatable bonds is 2. The first-order valence-corrected chi connectivity index (χ1v) is 9.87. The number of aliphatic hydroxyl groups is 1. The van der Waals surface area contributed by atoms with Gasteiger partial charge in [-0.2, -0.15) is 0 Å². The minimum absolute atomic E-state index is 0.0439. The van der Waals surface area contributed by atoms with Crippen molar-refractivity contribution >= 4 is 5.97 Å². The van der Waals surface area contributed by atoms with E-state index in [1.54, 1.807) is 12.1 Å². The Bertz CT molecular complexity index is 1110. The normalized spacial score (nSPS) is 32.8. The predicted octanol–water partition coefficient (Wildman–Crippen LogP) is 1.19. The molecule has 1 saturated carbocycles. The number of aromatic hydroxyl groups is 1. The van der Waals surface area contributed by atoms with E-state index in [4.69, 9.17) is 0 Å². The maximum atomic E-state index is 12.3. The molecule has 1 saturated heterocycles. The highest BCUT2D eigenvalue weighted by Gasteiger charge is 2.69. The van der Waals surface area contributed by atoms with Crippen LogP contribution in [-0.4, -0.2) is 56.4 Å². The minimum Gasteiger partial charge on any atom is -0.508 e. The number of aryl methyl sites for hydroxylation is 1. The zero-order valence-corrected chi connectivity index (χ0v) is 16.4. The summed E-state index contributed by atoms with van der Waals surface area (Å²) >= 11 is 0. The minimum atomic E-state index is -1.27. The second-order valence-electron chi connectivity index (χ2n) is 9.03. The van der Waals surface area contributed by atoms with Crippen LogP contribution >= 0.6 is 0 Å². The van der Waals surface area contributed by atoms with Crippen LogP contribution in [0.1, 0.15) is 39.2 Å². The number of aromatic amines is 1. The van der Waals surface area contributed by atoms with E-state index in [1.165, 1.54) is 6.07 Å². The SMILES string of the molecule is Cc1ccc(O)cc1[C@@]12Cc3[nH]c(=O)c(C(=O)O)cc3C[C@@]1(O)[C@H]1[C@H](CN1C)C2. The number of carboxylic acids is 1. The number of likely N-dealkylation sites (N-methyl/N-ethyl adjacent to an activating group) is 1. The van der Waals surface area contributed by atoms with Crippen LogP contribution < -0.4 is 5.56 Å². The molecule has 1 aromatic carbocycles. The van der Waals surface area contributed by atoms with Crippen LogP contribution in [0.5, 0.6) is 5.75 Å². The third kappa shape index (κ3) is 2.25. The molecule has 0 radical (unpaired) electrons. The summed E-state index contributed by atoms with van der Waals surface area (Å²) in [6, 6.07) is 6.61. The van der Waals surface area contributed by atoms with Crippen LogP contribution in [0.15, 0.2) is 29.1 Å². The van der Waals surface area contributed by atoms with Gasteiger partial charge in [-0.1, -0.05) is 6.07 Å². The first-order valence-electron chi connectivity index (χ1n) is 9.87. The summed E-state index contributed by atoms with van der Waals surface area (Å²) in [5, 5.41) is 31.7. The Balaban J connectivity index is 1.75. The summed E-state index contributed by atoms with van der Waals surface area (Å²) in [5.74, 6) is -0.811. The molecule has 3 aliphatic rings. The van der Waals surface area contributed by atoms with Gasteiger partial charge >= 0.3 is 5.97 Å². The van der Waals surface area contributed by atoms with Gasteiger partial charge in [-0.15, -0.1) is 0 Å². The molecule has 2 heterocycles. The maximum Gasteiger partial charge on any atom is 0.341 e. The number of aromatic nitrogens is 1. The van der Waals surface area contributed by atoms with Crippen LogP contribution in [0, 0.1) is 12.8 Å². The van der Waals surface area contributed by atoms with Gasteiger partial charge < -0.3 is 20.3 Å². The summed E-state index contributed by atoms with van der Waals surface area (Å²) in [5.41, 5.74) is 0.540. The summed E-state index contributed by atoms with van der Waals surface area (Å²) in [7, 11) is 2.00. The highest BCUT2D eigenvalue weighted by molar-refractivity contribution is 5.87. The van der Waals surface area contributed by atoms with Gasteiger partial charge in [0, 0.05) is 36.5 Å². The Hall–Kier alpha value is -2.64. The van der Waals surface area contributed by atoms with E-state index >= 15 is 0 Å². The van der Waals surface area contributed by atoms with Crippen molar-refractivity contribution in [1.82, 2.24) is 9.88 Å². The fraction of sp³-hybridized carbons (Fsp3) is 0.455. The lowest BCUT2D eigenvalue weighted by molar-refractivity contribution is -0.108. The molecular formula is C22H24N2O5. The second-order valence-corrected chi connectivity index (χ2v) is 9.03. The Morgan fingerprint density at radius 1 is 1.28 bits per heavy atom. The first kappa shape index (κ1) is 18.4. The topological polar surface area (TPSA) is 114 Å². The number of benzene rings is 1. The van der Waals surface area contributed by atoms with Gasteiger partial charge in [0.25, 0.3) is 5.56 Å². The molecule has 7 nitrogen and oxygen atoms in total. The molecule has 0 amide bonds. The number of carboxylic acid groups (broad SMARTS) is 1. The number of likely N-dealkylation sites (tertiary alicyclic amines) is 1. The predicted molar refractivity (Wildman–Crippen MR) is 105 cm³/mol. The van der Waals surface area contributed by atoms with Gasteiger partial charge in [-0.3, -0.25) is 9.69 Å². The molecule has 2 aromatic rings. The summed E-state index contributed by atoms with van der Waals surface area (Å²) in [6.07, 6.45) is 1.42. The third-order valence-corrected chi connectivity index (χ3v) is 7.49. The molecule has 5 rings (SSSR count). The molecule has 4 atom stereocenters. The molecule has 1 aliphatic heterocycles. The highest BCUT2D eigenvalue weighted by atomic mass is 16.4. The zero-order valence-electron chi connectivity index (χ0n) is 16.4. The number of aromatic carboxylic acids is 1. The number of nitrogens with zero attached hydrogens (tertiary/aromatic N) is 1. The van der Waals surface area contributed by atoms with Crippen molar-refractivity contribution in [3.05, 3.63) is 62.6 Å². The number of nitrogens with one attached hydrogen (secondary N) is 1. The Labute approximate surface area is 167 Å². The largest absolute Gasteiger partial charge is 0.508 e. The first-order chi connectivity index (χ1) is 13.7.